The minimum atomic E-state index is 0.511. The number of aryl methyl sites for hydroxylation is 2. The topological polar surface area (TPSA) is 64.9 Å². The summed E-state index contributed by atoms with van der Waals surface area (Å²) >= 11 is 0. The molecule has 0 saturated heterocycles. The van der Waals surface area contributed by atoms with Gasteiger partial charge in [-0.05, 0) is 13.8 Å². The van der Waals surface area contributed by atoms with Gasteiger partial charge in [0.15, 0.2) is 12.0 Å². The van der Waals surface area contributed by atoms with Gasteiger partial charge in [0.2, 0.25) is 0 Å². The van der Waals surface area contributed by atoms with E-state index in [9.17, 15) is 0 Å². The van der Waals surface area contributed by atoms with E-state index in [-0.39, 0.29) is 0 Å². The predicted octanol–water partition coefficient (Wildman–Crippen LogP) is 1.42. The summed E-state index contributed by atoms with van der Waals surface area (Å²) in [6.45, 7) is 3.73. The molecule has 0 aliphatic rings. The standard InChI is InChI=1S/C8H9N3O/c1-4-7-6(10-3-12-7)5(2)11-8(4)9/h3H,1-2H3,(H2,9,11). The zero-order valence-corrected chi connectivity index (χ0v) is 6.96. The van der Waals surface area contributed by atoms with Crippen molar-refractivity contribution in [3.8, 4) is 0 Å². The average molecular weight is 163 g/mol. The molecule has 0 radical (unpaired) electrons. The number of hydrogen-bond acceptors (Lipinski definition) is 4. The maximum atomic E-state index is 5.65. The first-order valence-corrected chi connectivity index (χ1v) is 3.66. The van der Waals surface area contributed by atoms with Gasteiger partial charge in [-0.3, -0.25) is 0 Å². The van der Waals surface area contributed by atoms with Crippen molar-refractivity contribution in [2.24, 2.45) is 0 Å². The second kappa shape index (κ2) is 2.20. The summed E-state index contributed by atoms with van der Waals surface area (Å²) in [4.78, 5) is 8.16. The van der Waals surface area contributed by atoms with Crippen LogP contribution >= 0.6 is 0 Å². The van der Waals surface area contributed by atoms with Crippen molar-refractivity contribution in [1.82, 2.24) is 9.97 Å². The molecule has 4 heteroatoms. The molecule has 4 nitrogen and oxygen atoms in total. The van der Waals surface area contributed by atoms with Gasteiger partial charge in [0.25, 0.3) is 0 Å². The third-order valence-electron chi connectivity index (χ3n) is 1.92. The summed E-state index contributed by atoms with van der Waals surface area (Å²) in [5.41, 5.74) is 8.84. The maximum Gasteiger partial charge on any atom is 0.182 e. The van der Waals surface area contributed by atoms with Crippen molar-refractivity contribution in [3.05, 3.63) is 17.7 Å². The monoisotopic (exact) mass is 163 g/mol. The number of hydrogen-bond donors (Lipinski definition) is 1. The van der Waals surface area contributed by atoms with Crippen LogP contribution in [0.1, 0.15) is 11.3 Å². The van der Waals surface area contributed by atoms with Gasteiger partial charge in [-0.1, -0.05) is 0 Å². The van der Waals surface area contributed by atoms with Gasteiger partial charge in [0, 0.05) is 5.56 Å². The zero-order chi connectivity index (χ0) is 8.72. The summed E-state index contributed by atoms with van der Waals surface area (Å²) in [6.07, 6.45) is 1.41. The molecule has 2 heterocycles. The first-order valence-electron chi connectivity index (χ1n) is 3.66. The van der Waals surface area contributed by atoms with E-state index in [1.807, 2.05) is 13.8 Å². The molecule has 2 N–H and O–H groups in total. The SMILES string of the molecule is Cc1nc(N)c(C)c2ocnc12. The van der Waals surface area contributed by atoms with E-state index in [2.05, 4.69) is 9.97 Å². The van der Waals surface area contributed by atoms with Gasteiger partial charge in [-0.15, -0.1) is 0 Å². The van der Waals surface area contributed by atoms with Gasteiger partial charge in [-0.25, -0.2) is 9.97 Å². The van der Waals surface area contributed by atoms with Crippen molar-refractivity contribution in [3.63, 3.8) is 0 Å². The number of rotatable bonds is 0. The van der Waals surface area contributed by atoms with Crippen LogP contribution in [0.25, 0.3) is 11.1 Å². The van der Waals surface area contributed by atoms with Crippen LogP contribution in [0.4, 0.5) is 5.82 Å². The normalized spacial score (nSPS) is 10.8. The highest BCUT2D eigenvalue weighted by Crippen LogP contribution is 2.22. The fraction of sp³-hybridized carbons (Fsp3) is 0.250. The summed E-state index contributed by atoms with van der Waals surface area (Å²) < 4.78 is 5.18. The van der Waals surface area contributed by atoms with Gasteiger partial charge in [0.1, 0.15) is 11.3 Å². The Morgan fingerprint density at radius 3 is 2.92 bits per heavy atom. The maximum absolute atomic E-state index is 5.65. The lowest BCUT2D eigenvalue weighted by Gasteiger charge is -2.00. The van der Waals surface area contributed by atoms with Crippen LogP contribution in [0.15, 0.2) is 10.8 Å². The highest BCUT2D eigenvalue weighted by Gasteiger charge is 2.09. The zero-order valence-electron chi connectivity index (χ0n) is 6.96. The van der Waals surface area contributed by atoms with Crippen molar-refractivity contribution in [1.29, 1.82) is 0 Å². The quantitative estimate of drug-likeness (QED) is 0.637. The fourth-order valence-corrected chi connectivity index (χ4v) is 1.20. The second-order valence-corrected chi connectivity index (χ2v) is 2.74. The molecular weight excluding hydrogens is 154 g/mol. The minimum absolute atomic E-state index is 0.511. The molecule has 2 rings (SSSR count). The lowest BCUT2D eigenvalue weighted by Crippen LogP contribution is -1.96. The molecule has 0 saturated carbocycles. The van der Waals surface area contributed by atoms with Crippen molar-refractivity contribution in [2.75, 3.05) is 5.73 Å². The van der Waals surface area contributed by atoms with Crippen molar-refractivity contribution < 1.29 is 4.42 Å². The van der Waals surface area contributed by atoms with E-state index < -0.39 is 0 Å². The molecule has 0 bridgehead atoms. The Morgan fingerprint density at radius 1 is 1.42 bits per heavy atom. The summed E-state index contributed by atoms with van der Waals surface area (Å²) in [5, 5.41) is 0. The fourth-order valence-electron chi connectivity index (χ4n) is 1.20. The van der Waals surface area contributed by atoms with Gasteiger partial charge in [0.05, 0.1) is 5.69 Å². The number of nitrogens with zero attached hydrogens (tertiary/aromatic N) is 2. The lowest BCUT2D eigenvalue weighted by atomic mass is 10.2. The minimum Gasteiger partial charge on any atom is -0.443 e. The molecule has 0 spiro atoms. The van der Waals surface area contributed by atoms with Crippen molar-refractivity contribution >= 4 is 16.9 Å². The summed E-state index contributed by atoms with van der Waals surface area (Å²) in [6, 6.07) is 0. The number of fused-ring (bicyclic) bond motifs is 1. The molecular formula is C8H9N3O. The first-order chi connectivity index (χ1) is 5.70. The van der Waals surface area contributed by atoms with Crippen LogP contribution in [0.2, 0.25) is 0 Å². The number of oxazole rings is 1. The van der Waals surface area contributed by atoms with E-state index in [1.165, 1.54) is 6.39 Å². The van der Waals surface area contributed by atoms with Crippen LogP contribution < -0.4 is 5.73 Å². The molecule has 2 aromatic rings. The molecule has 0 aromatic carbocycles. The molecule has 0 fully saturated rings. The second-order valence-electron chi connectivity index (χ2n) is 2.74. The number of anilines is 1. The van der Waals surface area contributed by atoms with E-state index >= 15 is 0 Å². The Bertz CT molecular complexity index is 433. The summed E-state index contributed by atoms with van der Waals surface area (Å²) in [7, 11) is 0. The third-order valence-corrected chi connectivity index (χ3v) is 1.92. The van der Waals surface area contributed by atoms with Crippen LogP contribution in [0, 0.1) is 13.8 Å². The van der Waals surface area contributed by atoms with Crippen LogP contribution in [0.3, 0.4) is 0 Å². The molecule has 0 amide bonds. The van der Waals surface area contributed by atoms with Crippen LogP contribution in [-0.4, -0.2) is 9.97 Å². The smallest absolute Gasteiger partial charge is 0.182 e. The van der Waals surface area contributed by atoms with Crippen LogP contribution in [-0.2, 0) is 0 Å². The number of aromatic nitrogens is 2. The van der Waals surface area contributed by atoms with E-state index in [0.29, 0.717) is 5.82 Å². The average Bonchev–Trinajstić information content (AvgIpc) is 2.48. The Labute approximate surface area is 69.4 Å². The largest absolute Gasteiger partial charge is 0.443 e. The molecule has 2 aromatic heterocycles. The molecule has 0 atom stereocenters. The third kappa shape index (κ3) is 0.777. The van der Waals surface area contributed by atoms with Crippen LogP contribution in [0.5, 0.6) is 0 Å². The highest BCUT2D eigenvalue weighted by atomic mass is 16.3. The molecule has 12 heavy (non-hydrogen) atoms. The van der Waals surface area contributed by atoms with Crippen molar-refractivity contribution in [2.45, 2.75) is 13.8 Å². The van der Waals surface area contributed by atoms with E-state index in [4.69, 9.17) is 10.2 Å². The van der Waals surface area contributed by atoms with E-state index in [1.54, 1.807) is 0 Å². The first kappa shape index (κ1) is 7.09. The molecule has 0 aliphatic heterocycles. The molecule has 62 valence electrons. The number of nitrogens with two attached hydrogens (primary N) is 1. The van der Waals surface area contributed by atoms with Gasteiger partial charge >= 0.3 is 0 Å². The summed E-state index contributed by atoms with van der Waals surface area (Å²) in [5.74, 6) is 0.511. The van der Waals surface area contributed by atoms with E-state index in [0.717, 1.165) is 22.4 Å². The molecule has 0 unspecified atom stereocenters. The molecule has 0 aliphatic carbocycles. The Morgan fingerprint density at radius 2 is 2.17 bits per heavy atom. The predicted molar refractivity (Wildman–Crippen MR) is 45.7 cm³/mol. The van der Waals surface area contributed by atoms with Gasteiger partial charge < -0.3 is 10.2 Å². The lowest BCUT2D eigenvalue weighted by molar-refractivity contribution is 0.600. The Balaban J connectivity index is 2.97. The van der Waals surface area contributed by atoms with Gasteiger partial charge in [-0.2, -0.15) is 0 Å². The Kier molecular flexibility index (Phi) is 1.30. The highest BCUT2D eigenvalue weighted by molar-refractivity contribution is 5.81. The Hall–Kier alpha value is -1.58. The number of pyridine rings is 1. The number of nitrogen functional groups attached to an aromatic ring is 1.